The van der Waals surface area contributed by atoms with Gasteiger partial charge in [-0.05, 0) is 32.1 Å². The zero-order chi connectivity index (χ0) is 12.7. The predicted octanol–water partition coefficient (Wildman–Crippen LogP) is 4.05. The van der Waals surface area contributed by atoms with Crippen LogP contribution < -0.4 is 0 Å². The molecule has 1 nitrogen and oxygen atoms in total. The molecule has 3 rings (SSSR count). The minimum atomic E-state index is 0.0513. The number of hydrogen-bond donors (Lipinski definition) is 0. The van der Waals surface area contributed by atoms with Gasteiger partial charge in [-0.3, -0.25) is 4.79 Å². The molecule has 0 aromatic heterocycles. The van der Waals surface area contributed by atoms with E-state index in [4.69, 9.17) is 0 Å². The van der Waals surface area contributed by atoms with Crippen LogP contribution in [0.4, 0.5) is 0 Å². The number of allylic oxidation sites excluding steroid dienone is 8. The van der Waals surface area contributed by atoms with Crippen molar-refractivity contribution in [3.8, 4) is 0 Å². The Morgan fingerprint density at radius 2 is 1.67 bits per heavy atom. The van der Waals surface area contributed by atoms with Crippen molar-refractivity contribution in [3.63, 3.8) is 0 Å². The third-order valence-electron chi connectivity index (χ3n) is 4.49. The van der Waals surface area contributed by atoms with Gasteiger partial charge in [-0.15, -0.1) is 0 Å². The number of carbonyl (C=O) groups excluding carboxylic acids is 1. The Morgan fingerprint density at radius 1 is 1.06 bits per heavy atom. The van der Waals surface area contributed by atoms with Gasteiger partial charge < -0.3 is 0 Å². The van der Waals surface area contributed by atoms with Crippen molar-refractivity contribution in [3.05, 3.63) is 59.3 Å². The maximum absolute atomic E-state index is 12.6. The third kappa shape index (κ3) is 1.50. The van der Waals surface area contributed by atoms with Gasteiger partial charge in [0.1, 0.15) is 0 Å². The highest BCUT2D eigenvalue weighted by Crippen LogP contribution is 2.52. The minimum absolute atomic E-state index is 0.0513. The van der Waals surface area contributed by atoms with E-state index >= 15 is 0 Å². The van der Waals surface area contributed by atoms with Crippen molar-refractivity contribution in [1.82, 2.24) is 0 Å². The van der Waals surface area contributed by atoms with Crippen LogP contribution in [0.5, 0.6) is 0 Å². The quantitative estimate of drug-likeness (QED) is 0.410. The number of ketones is 1. The van der Waals surface area contributed by atoms with E-state index in [0.29, 0.717) is 5.57 Å². The van der Waals surface area contributed by atoms with Gasteiger partial charge in [-0.1, -0.05) is 53.7 Å². The molecule has 0 radical (unpaired) electrons. The second-order valence-corrected chi connectivity index (χ2v) is 5.29. The predicted molar refractivity (Wildman–Crippen MR) is 74.1 cm³/mol. The summed E-state index contributed by atoms with van der Waals surface area (Å²) in [6.07, 6.45) is 10.8. The summed E-state index contributed by atoms with van der Waals surface area (Å²) in [5, 5.41) is 0. The molecule has 0 N–H and O–H groups in total. The normalized spacial score (nSPS) is 22.8. The Bertz CT molecular complexity index is 512. The van der Waals surface area contributed by atoms with Gasteiger partial charge in [0.2, 0.25) is 0 Å². The van der Waals surface area contributed by atoms with Crippen LogP contribution in [0, 0.1) is 5.92 Å². The van der Waals surface area contributed by atoms with E-state index in [1.54, 1.807) is 29.4 Å². The SMILES string of the molecule is C=C/C=C(\C=C)C(=O)C1C2=C3CCC(=C1CC2)C3. The molecule has 0 spiro atoms. The Morgan fingerprint density at radius 3 is 2.17 bits per heavy atom. The first-order chi connectivity index (χ1) is 8.76. The second-order valence-electron chi connectivity index (χ2n) is 5.29. The Hall–Kier alpha value is -1.63. The fraction of sp³-hybridized carbons (Fsp3) is 0.353. The average molecular weight is 238 g/mol. The lowest BCUT2D eigenvalue weighted by Crippen LogP contribution is -2.19. The topological polar surface area (TPSA) is 17.1 Å². The van der Waals surface area contributed by atoms with Gasteiger partial charge in [0, 0.05) is 5.57 Å². The first-order valence-corrected chi connectivity index (χ1v) is 6.67. The summed E-state index contributed by atoms with van der Waals surface area (Å²) < 4.78 is 0. The van der Waals surface area contributed by atoms with Crippen molar-refractivity contribution in [2.45, 2.75) is 32.1 Å². The number of rotatable bonds is 4. The van der Waals surface area contributed by atoms with Gasteiger partial charge in [0.15, 0.2) is 5.78 Å². The molecule has 2 saturated carbocycles. The fourth-order valence-corrected chi connectivity index (χ4v) is 3.68. The molecule has 92 valence electrons. The van der Waals surface area contributed by atoms with Crippen LogP contribution in [-0.2, 0) is 4.79 Å². The number of hydrogen-bond acceptors (Lipinski definition) is 1. The smallest absolute Gasteiger partial charge is 0.174 e. The van der Waals surface area contributed by atoms with E-state index in [0.717, 1.165) is 19.3 Å². The molecule has 0 aliphatic heterocycles. The lowest BCUT2D eigenvalue weighted by atomic mass is 9.82. The zero-order valence-electron chi connectivity index (χ0n) is 10.7. The third-order valence-corrected chi connectivity index (χ3v) is 4.49. The lowest BCUT2D eigenvalue weighted by Gasteiger charge is -2.20. The van der Waals surface area contributed by atoms with Crippen LogP contribution in [0.15, 0.2) is 59.3 Å². The second kappa shape index (κ2) is 4.24. The van der Waals surface area contributed by atoms with Crippen LogP contribution in [0.2, 0.25) is 0 Å². The molecule has 3 aliphatic carbocycles. The summed E-state index contributed by atoms with van der Waals surface area (Å²) >= 11 is 0. The van der Waals surface area contributed by atoms with Crippen molar-refractivity contribution in [2.75, 3.05) is 0 Å². The van der Waals surface area contributed by atoms with E-state index in [1.165, 1.54) is 24.0 Å². The summed E-state index contributed by atoms with van der Waals surface area (Å²) in [7, 11) is 0. The summed E-state index contributed by atoms with van der Waals surface area (Å²) in [6.45, 7) is 7.42. The van der Waals surface area contributed by atoms with Crippen molar-refractivity contribution < 1.29 is 4.79 Å². The monoisotopic (exact) mass is 238 g/mol. The van der Waals surface area contributed by atoms with Gasteiger partial charge in [-0.2, -0.15) is 0 Å². The Kier molecular flexibility index (Phi) is 2.70. The molecular formula is C17H18O. The number of fused-ring (bicyclic) bond motifs is 4. The first-order valence-electron chi connectivity index (χ1n) is 6.67. The molecule has 4 bridgehead atoms. The van der Waals surface area contributed by atoms with E-state index in [2.05, 4.69) is 13.2 Å². The van der Waals surface area contributed by atoms with Crippen molar-refractivity contribution >= 4 is 5.78 Å². The number of Topliss-reactive ketones (excluding diaryl/α,β-unsaturated/α-hetero) is 1. The summed E-state index contributed by atoms with van der Waals surface area (Å²) in [6, 6.07) is 0. The highest BCUT2D eigenvalue weighted by Gasteiger charge is 2.41. The summed E-state index contributed by atoms with van der Waals surface area (Å²) in [5.74, 6) is 0.277. The van der Waals surface area contributed by atoms with Gasteiger partial charge in [0.25, 0.3) is 0 Å². The maximum Gasteiger partial charge on any atom is 0.174 e. The Balaban J connectivity index is 2.02. The molecule has 0 aromatic rings. The van der Waals surface area contributed by atoms with E-state index in [-0.39, 0.29) is 11.7 Å². The molecule has 1 heteroatoms. The first kappa shape index (κ1) is 11.5. The van der Waals surface area contributed by atoms with Gasteiger partial charge in [0.05, 0.1) is 5.92 Å². The van der Waals surface area contributed by atoms with Crippen molar-refractivity contribution in [2.24, 2.45) is 5.92 Å². The van der Waals surface area contributed by atoms with Crippen LogP contribution in [-0.4, -0.2) is 5.78 Å². The lowest BCUT2D eigenvalue weighted by molar-refractivity contribution is -0.116. The van der Waals surface area contributed by atoms with Crippen LogP contribution in [0.25, 0.3) is 0 Å². The molecule has 18 heavy (non-hydrogen) atoms. The fourth-order valence-electron chi connectivity index (χ4n) is 3.68. The molecule has 3 aliphatic rings. The molecule has 0 unspecified atom stereocenters. The van der Waals surface area contributed by atoms with E-state index in [9.17, 15) is 4.79 Å². The summed E-state index contributed by atoms with van der Waals surface area (Å²) in [4.78, 5) is 12.6. The molecule has 2 fully saturated rings. The molecule has 0 atom stereocenters. The molecule has 0 amide bonds. The molecule has 0 saturated heterocycles. The van der Waals surface area contributed by atoms with Gasteiger partial charge in [-0.25, -0.2) is 0 Å². The largest absolute Gasteiger partial charge is 0.293 e. The van der Waals surface area contributed by atoms with E-state index in [1.807, 2.05) is 0 Å². The highest BCUT2D eigenvalue weighted by atomic mass is 16.1. The maximum atomic E-state index is 12.6. The molecule has 0 heterocycles. The zero-order valence-corrected chi connectivity index (χ0v) is 10.7. The highest BCUT2D eigenvalue weighted by molar-refractivity contribution is 6.04. The standard InChI is InChI=1S/C17H18O/c1-3-5-11(4-2)17(18)16-14-8-9-15(16)13-7-6-12(14)10-13/h3-5,16H,1-2,6-10H2/b11-5+. The molecule has 0 aromatic carbocycles. The van der Waals surface area contributed by atoms with Gasteiger partial charge >= 0.3 is 0 Å². The summed E-state index contributed by atoms with van der Waals surface area (Å²) in [5.41, 5.74) is 6.65. The Labute approximate surface area is 108 Å². The van der Waals surface area contributed by atoms with Crippen LogP contribution in [0.3, 0.4) is 0 Å². The minimum Gasteiger partial charge on any atom is -0.293 e. The number of carbonyl (C=O) groups is 1. The van der Waals surface area contributed by atoms with Crippen LogP contribution in [0.1, 0.15) is 32.1 Å². The molecular weight excluding hydrogens is 220 g/mol. The van der Waals surface area contributed by atoms with E-state index < -0.39 is 0 Å². The van der Waals surface area contributed by atoms with Crippen molar-refractivity contribution in [1.29, 1.82) is 0 Å². The van der Waals surface area contributed by atoms with Crippen LogP contribution >= 0.6 is 0 Å². The average Bonchev–Trinajstić information content (AvgIpc) is 2.92.